The van der Waals surface area contributed by atoms with Gasteiger partial charge in [-0.05, 0) is 61.2 Å². The molecular formula is C22H29FN2O2. The van der Waals surface area contributed by atoms with Crippen molar-refractivity contribution in [3.05, 3.63) is 59.8 Å². The Bertz CT molecular complexity index is 726. The van der Waals surface area contributed by atoms with Crippen molar-refractivity contribution in [3.8, 4) is 0 Å². The number of hydrogen-bond donors (Lipinski definition) is 0. The Morgan fingerprint density at radius 1 is 1.15 bits per heavy atom. The van der Waals surface area contributed by atoms with E-state index in [2.05, 4.69) is 15.9 Å². The van der Waals surface area contributed by atoms with Crippen molar-refractivity contribution < 1.29 is 13.5 Å². The predicted octanol–water partition coefficient (Wildman–Crippen LogP) is 3.78. The number of halogens is 1. The topological polar surface area (TPSA) is 28.9 Å². The summed E-state index contributed by atoms with van der Waals surface area (Å²) in [5.41, 5.74) is 1.38. The predicted molar refractivity (Wildman–Crippen MR) is 103 cm³/mol. The fourth-order valence-corrected chi connectivity index (χ4v) is 4.93. The van der Waals surface area contributed by atoms with Crippen LogP contribution in [-0.2, 0) is 17.8 Å². The van der Waals surface area contributed by atoms with Crippen molar-refractivity contribution in [1.29, 1.82) is 0 Å². The van der Waals surface area contributed by atoms with E-state index in [4.69, 9.17) is 9.15 Å². The van der Waals surface area contributed by atoms with Crippen molar-refractivity contribution >= 4 is 0 Å². The number of methoxy groups -OCH3 is 1. The molecule has 2 fully saturated rings. The Balaban J connectivity index is 1.38. The second-order valence-corrected chi connectivity index (χ2v) is 8.17. The molecule has 2 aliphatic heterocycles. The fourth-order valence-electron chi connectivity index (χ4n) is 4.93. The average molecular weight is 372 g/mol. The van der Waals surface area contributed by atoms with Crippen LogP contribution in [0.15, 0.2) is 47.1 Å². The number of hydrogen-bond acceptors (Lipinski definition) is 4. The van der Waals surface area contributed by atoms with E-state index in [1.807, 2.05) is 19.2 Å². The maximum atomic E-state index is 13.5. The molecule has 5 heteroatoms. The third-order valence-electron chi connectivity index (χ3n) is 6.36. The molecule has 1 atom stereocenters. The van der Waals surface area contributed by atoms with Crippen LogP contribution < -0.4 is 0 Å². The molecule has 0 aliphatic carbocycles. The Morgan fingerprint density at radius 3 is 2.70 bits per heavy atom. The van der Waals surface area contributed by atoms with E-state index in [1.54, 1.807) is 18.4 Å². The van der Waals surface area contributed by atoms with E-state index in [9.17, 15) is 4.39 Å². The highest BCUT2D eigenvalue weighted by Crippen LogP contribution is 2.45. The van der Waals surface area contributed by atoms with Crippen LogP contribution in [0.3, 0.4) is 0 Å². The highest BCUT2D eigenvalue weighted by molar-refractivity contribution is 5.16. The minimum atomic E-state index is -0.148. The number of likely N-dealkylation sites (tertiary alicyclic amines) is 2. The molecule has 2 saturated heterocycles. The minimum absolute atomic E-state index is 0.148. The molecule has 2 aromatic rings. The van der Waals surface area contributed by atoms with Gasteiger partial charge in [0.1, 0.15) is 11.6 Å². The molecule has 1 aromatic heterocycles. The number of rotatable bonds is 6. The zero-order chi connectivity index (χ0) is 18.7. The van der Waals surface area contributed by atoms with Crippen LogP contribution in [0, 0.1) is 17.2 Å². The van der Waals surface area contributed by atoms with Gasteiger partial charge in [-0.1, -0.05) is 12.1 Å². The van der Waals surface area contributed by atoms with E-state index >= 15 is 0 Å². The summed E-state index contributed by atoms with van der Waals surface area (Å²) < 4.78 is 24.6. The van der Waals surface area contributed by atoms with Gasteiger partial charge in [0.15, 0.2) is 0 Å². The van der Waals surface area contributed by atoms with Gasteiger partial charge in [0.25, 0.3) is 0 Å². The maximum absolute atomic E-state index is 13.5. The Kier molecular flexibility index (Phi) is 5.62. The molecule has 1 aromatic carbocycles. The highest BCUT2D eigenvalue weighted by Gasteiger charge is 2.47. The number of benzene rings is 1. The maximum Gasteiger partial charge on any atom is 0.123 e. The quantitative estimate of drug-likeness (QED) is 0.772. The lowest BCUT2D eigenvalue weighted by Crippen LogP contribution is -2.44. The van der Waals surface area contributed by atoms with Crippen molar-refractivity contribution in [2.75, 3.05) is 39.9 Å². The van der Waals surface area contributed by atoms with Crippen LogP contribution in [0.25, 0.3) is 0 Å². The molecule has 146 valence electrons. The first-order chi connectivity index (χ1) is 13.2. The first kappa shape index (κ1) is 18.7. The summed E-state index contributed by atoms with van der Waals surface area (Å²) in [6.45, 7) is 6.82. The average Bonchev–Trinajstić information content (AvgIpc) is 3.27. The Morgan fingerprint density at radius 2 is 2.00 bits per heavy atom. The van der Waals surface area contributed by atoms with Gasteiger partial charge in [-0.25, -0.2) is 4.39 Å². The summed E-state index contributed by atoms with van der Waals surface area (Å²) in [4.78, 5) is 4.98. The minimum Gasteiger partial charge on any atom is -0.468 e. The zero-order valence-corrected chi connectivity index (χ0v) is 16.1. The molecule has 4 rings (SSSR count). The van der Waals surface area contributed by atoms with Gasteiger partial charge in [0.05, 0.1) is 19.4 Å². The largest absolute Gasteiger partial charge is 0.468 e. The lowest BCUT2D eigenvalue weighted by atomic mass is 9.71. The highest BCUT2D eigenvalue weighted by atomic mass is 19.1. The molecular weight excluding hydrogens is 343 g/mol. The van der Waals surface area contributed by atoms with Crippen LogP contribution in [0.5, 0.6) is 0 Å². The van der Waals surface area contributed by atoms with Gasteiger partial charge in [-0.2, -0.15) is 0 Å². The number of nitrogens with zero attached hydrogens (tertiary/aromatic N) is 2. The number of ether oxygens (including phenoxy) is 1. The first-order valence-electron chi connectivity index (χ1n) is 9.87. The smallest absolute Gasteiger partial charge is 0.123 e. The van der Waals surface area contributed by atoms with Crippen LogP contribution in [-0.4, -0.2) is 49.7 Å². The van der Waals surface area contributed by atoms with Crippen LogP contribution in [0.2, 0.25) is 0 Å². The molecule has 1 spiro atoms. The van der Waals surface area contributed by atoms with Crippen molar-refractivity contribution in [2.45, 2.75) is 25.9 Å². The van der Waals surface area contributed by atoms with Gasteiger partial charge in [-0.3, -0.25) is 9.80 Å². The van der Waals surface area contributed by atoms with Gasteiger partial charge in [0, 0.05) is 32.7 Å². The number of furan rings is 1. The van der Waals surface area contributed by atoms with Gasteiger partial charge in [0.2, 0.25) is 0 Å². The molecule has 0 unspecified atom stereocenters. The summed E-state index contributed by atoms with van der Waals surface area (Å²) in [7, 11) is 1.81. The molecule has 4 nitrogen and oxygen atoms in total. The molecule has 0 N–H and O–H groups in total. The number of piperidine rings is 1. The van der Waals surface area contributed by atoms with E-state index < -0.39 is 0 Å². The van der Waals surface area contributed by atoms with E-state index in [-0.39, 0.29) is 5.82 Å². The van der Waals surface area contributed by atoms with Gasteiger partial charge in [-0.15, -0.1) is 0 Å². The van der Waals surface area contributed by atoms with Crippen LogP contribution in [0.1, 0.15) is 24.2 Å². The van der Waals surface area contributed by atoms with Crippen molar-refractivity contribution in [2.24, 2.45) is 11.3 Å². The van der Waals surface area contributed by atoms with Crippen molar-refractivity contribution in [1.82, 2.24) is 9.80 Å². The lowest BCUT2D eigenvalue weighted by molar-refractivity contribution is 0.0349. The SMILES string of the molecule is COC[C@H]1CN(Cc2ccco2)CC12CCN(Cc1cccc(F)c1)CC2. The van der Waals surface area contributed by atoms with E-state index in [0.29, 0.717) is 11.3 Å². The Hall–Kier alpha value is -1.69. The second-order valence-electron chi connectivity index (χ2n) is 8.17. The molecule has 0 amide bonds. The first-order valence-corrected chi connectivity index (χ1v) is 9.87. The summed E-state index contributed by atoms with van der Waals surface area (Å²) in [5.74, 6) is 1.45. The monoisotopic (exact) mass is 372 g/mol. The molecule has 2 aliphatic rings. The lowest BCUT2D eigenvalue weighted by Gasteiger charge is -2.42. The molecule has 0 saturated carbocycles. The molecule has 3 heterocycles. The second kappa shape index (κ2) is 8.13. The van der Waals surface area contributed by atoms with E-state index in [1.165, 1.54) is 18.9 Å². The van der Waals surface area contributed by atoms with Crippen molar-refractivity contribution in [3.63, 3.8) is 0 Å². The Labute approximate surface area is 160 Å². The summed E-state index contributed by atoms with van der Waals surface area (Å²) in [6.07, 6.45) is 4.09. The molecule has 27 heavy (non-hydrogen) atoms. The van der Waals surface area contributed by atoms with Gasteiger partial charge >= 0.3 is 0 Å². The van der Waals surface area contributed by atoms with Crippen LogP contribution >= 0.6 is 0 Å². The third-order valence-corrected chi connectivity index (χ3v) is 6.36. The zero-order valence-electron chi connectivity index (χ0n) is 16.1. The summed E-state index contributed by atoms with van der Waals surface area (Å²) >= 11 is 0. The van der Waals surface area contributed by atoms with Gasteiger partial charge < -0.3 is 9.15 Å². The normalized spacial score (nSPS) is 23.3. The summed E-state index contributed by atoms with van der Waals surface area (Å²) in [5, 5.41) is 0. The standard InChI is InChI=1S/C22H29FN2O2/c1-26-16-19-14-25(15-21-6-3-11-27-21)17-22(19)7-9-24(10-8-22)13-18-4-2-5-20(23)12-18/h2-6,11-12,19H,7-10,13-17H2,1H3/t19-/m1/s1. The third kappa shape index (κ3) is 4.26. The van der Waals surface area contributed by atoms with E-state index in [0.717, 1.165) is 57.2 Å². The molecule has 0 radical (unpaired) electrons. The van der Waals surface area contributed by atoms with Crippen LogP contribution in [0.4, 0.5) is 4.39 Å². The summed E-state index contributed by atoms with van der Waals surface area (Å²) in [6, 6.07) is 11.0. The molecule has 0 bridgehead atoms. The fraction of sp³-hybridized carbons (Fsp3) is 0.545.